The largest absolute Gasteiger partial charge is 0.396 e. The molecule has 0 spiro atoms. The van der Waals surface area contributed by atoms with Gasteiger partial charge in [-0.05, 0) is 18.9 Å². The third-order valence-electron chi connectivity index (χ3n) is 3.07. The number of fused-ring (bicyclic) bond motifs is 1. The van der Waals surface area contributed by atoms with Crippen molar-refractivity contribution in [2.45, 2.75) is 19.9 Å². The van der Waals surface area contributed by atoms with Crippen molar-refractivity contribution in [3.8, 4) is 0 Å². The van der Waals surface area contributed by atoms with Crippen molar-refractivity contribution in [1.29, 1.82) is 0 Å². The first-order valence-electron chi connectivity index (χ1n) is 6.80. The third-order valence-corrected chi connectivity index (χ3v) is 4.03. The summed E-state index contributed by atoms with van der Waals surface area (Å²) in [6.45, 7) is 2.35. The number of rotatable bonds is 5. The Morgan fingerprint density at radius 3 is 3.09 bits per heavy atom. The van der Waals surface area contributed by atoms with Gasteiger partial charge in [-0.2, -0.15) is 5.10 Å². The van der Waals surface area contributed by atoms with E-state index in [4.69, 9.17) is 5.11 Å². The van der Waals surface area contributed by atoms with E-state index in [9.17, 15) is 4.79 Å². The molecule has 7 nitrogen and oxygen atoms in total. The molecule has 0 aliphatic rings. The molecular formula is C14H15N5O2S. The molecule has 0 unspecified atom stereocenters. The van der Waals surface area contributed by atoms with Crippen LogP contribution in [0.1, 0.15) is 26.8 Å². The molecule has 3 rings (SSSR count). The minimum atomic E-state index is -0.262. The number of aliphatic hydroxyl groups excluding tert-OH is 1. The van der Waals surface area contributed by atoms with Crippen molar-refractivity contribution in [3.63, 3.8) is 0 Å². The molecule has 22 heavy (non-hydrogen) atoms. The number of nitrogens with one attached hydrogen (secondary N) is 1. The minimum absolute atomic E-state index is 0.0506. The second kappa shape index (κ2) is 6.20. The Bertz CT molecular complexity index is 811. The van der Waals surface area contributed by atoms with Crippen LogP contribution in [0.3, 0.4) is 0 Å². The smallest absolute Gasteiger partial charge is 0.272 e. The Kier molecular flexibility index (Phi) is 4.12. The molecule has 0 fully saturated rings. The van der Waals surface area contributed by atoms with E-state index in [1.165, 1.54) is 11.3 Å². The zero-order valence-electron chi connectivity index (χ0n) is 12.0. The fraction of sp³-hybridized carbons (Fsp3) is 0.286. The fourth-order valence-corrected chi connectivity index (χ4v) is 2.73. The summed E-state index contributed by atoms with van der Waals surface area (Å²) in [6, 6.07) is 1.63. The van der Waals surface area contributed by atoms with E-state index in [2.05, 4.69) is 20.4 Å². The normalized spacial score (nSPS) is 11.0. The zero-order chi connectivity index (χ0) is 15.5. The van der Waals surface area contributed by atoms with Gasteiger partial charge in [-0.1, -0.05) is 0 Å². The molecule has 0 saturated heterocycles. The predicted octanol–water partition coefficient (Wildman–Crippen LogP) is 0.959. The van der Waals surface area contributed by atoms with E-state index < -0.39 is 0 Å². The van der Waals surface area contributed by atoms with E-state index in [0.717, 1.165) is 16.3 Å². The summed E-state index contributed by atoms with van der Waals surface area (Å²) in [6.07, 6.45) is 3.94. The van der Waals surface area contributed by atoms with E-state index in [1.807, 2.05) is 12.3 Å². The molecule has 1 amide bonds. The lowest BCUT2D eigenvalue weighted by molar-refractivity contribution is 0.0945. The maximum atomic E-state index is 12.1. The molecule has 3 aromatic rings. The van der Waals surface area contributed by atoms with Gasteiger partial charge in [0, 0.05) is 36.1 Å². The third kappa shape index (κ3) is 3.12. The van der Waals surface area contributed by atoms with Crippen LogP contribution in [0.5, 0.6) is 0 Å². The maximum absolute atomic E-state index is 12.1. The van der Waals surface area contributed by atoms with Crippen LogP contribution in [-0.2, 0) is 13.0 Å². The summed E-state index contributed by atoms with van der Waals surface area (Å²) in [5.41, 5.74) is 2.71. The van der Waals surface area contributed by atoms with Gasteiger partial charge in [0.25, 0.3) is 5.91 Å². The number of hydrogen-bond donors (Lipinski definition) is 2. The van der Waals surface area contributed by atoms with Gasteiger partial charge >= 0.3 is 0 Å². The first kappa shape index (κ1) is 14.6. The van der Waals surface area contributed by atoms with Crippen molar-refractivity contribution in [1.82, 2.24) is 24.9 Å². The van der Waals surface area contributed by atoms with Crippen molar-refractivity contribution >= 4 is 22.9 Å². The van der Waals surface area contributed by atoms with Gasteiger partial charge in [0.05, 0.1) is 6.54 Å². The van der Waals surface area contributed by atoms with Crippen LogP contribution < -0.4 is 5.32 Å². The SMILES string of the molecule is Cc1csc(CNC(=O)c2cc3ncc(CCO)cn3n2)n1. The Morgan fingerprint density at radius 2 is 2.36 bits per heavy atom. The van der Waals surface area contributed by atoms with Crippen LogP contribution in [0, 0.1) is 6.92 Å². The maximum Gasteiger partial charge on any atom is 0.272 e. The van der Waals surface area contributed by atoms with Gasteiger partial charge in [0.15, 0.2) is 11.3 Å². The number of nitrogens with zero attached hydrogens (tertiary/aromatic N) is 4. The van der Waals surface area contributed by atoms with Gasteiger partial charge in [0.2, 0.25) is 0 Å². The van der Waals surface area contributed by atoms with Crippen LogP contribution >= 0.6 is 11.3 Å². The van der Waals surface area contributed by atoms with E-state index in [0.29, 0.717) is 24.3 Å². The fourth-order valence-electron chi connectivity index (χ4n) is 2.01. The van der Waals surface area contributed by atoms with Crippen LogP contribution in [0.15, 0.2) is 23.8 Å². The monoisotopic (exact) mass is 317 g/mol. The summed E-state index contributed by atoms with van der Waals surface area (Å²) in [4.78, 5) is 20.6. The molecule has 0 bridgehead atoms. The Morgan fingerprint density at radius 1 is 1.50 bits per heavy atom. The summed E-state index contributed by atoms with van der Waals surface area (Å²) < 4.78 is 1.55. The Balaban J connectivity index is 1.73. The van der Waals surface area contributed by atoms with Crippen molar-refractivity contribution in [2.24, 2.45) is 0 Å². The summed E-state index contributed by atoms with van der Waals surface area (Å²) in [5, 5.41) is 18.8. The number of aliphatic hydroxyl groups is 1. The molecular weight excluding hydrogens is 302 g/mol. The van der Waals surface area contributed by atoms with Gasteiger partial charge in [-0.15, -0.1) is 11.3 Å². The molecule has 0 aliphatic carbocycles. The second-order valence-corrected chi connectivity index (χ2v) is 5.78. The topological polar surface area (TPSA) is 92.4 Å². The number of amides is 1. The lowest BCUT2D eigenvalue weighted by Gasteiger charge is -1.99. The lowest BCUT2D eigenvalue weighted by Crippen LogP contribution is -2.23. The Labute approximate surface area is 130 Å². The van der Waals surface area contributed by atoms with E-state index in [1.54, 1.807) is 23.0 Å². The number of carbonyl (C=O) groups is 1. The first-order chi connectivity index (χ1) is 10.7. The molecule has 3 aromatic heterocycles. The van der Waals surface area contributed by atoms with Crippen LogP contribution in [0.25, 0.3) is 5.65 Å². The molecule has 2 N–H and O–H groups in total. The molecule has 114 valence electrons. The standard InChI is InChI=1S/C14H15N5O2S/c1-9-8-22-13(17-9)6-16-14(21)11-4-12-15-5-10(2-3-20)7-19(12)18-11/h4-5,7-8,20H,2-3,6H2,1H3,(H,16,21). The highest BCUT2D eigenvalue weighted by Crippen LogP contribution is 2.09. The number of thiazole rings is 1. The van der Waals surface area contributed by atoms with Gasteiger partial charge < -0.3 is 10.4 Å². The van der Waals surface area contributed by atoms with Crippen molar-refractivity contribution in [2.75, 3.05) is 6.61 Å². The quantitative estimate of drug-likeness (QED) is 0.731. The van der Waals surface area contributed by atoms with Crippen molar-refractivity contribution in [3.05, 3.63) is 45.8 Å². The van der Waals surface area contributed by atoms with Crippen LogP contribution in [-0.4, -0.2) is 37.2 Å². The Hall–Kier alpha value is -2.32. The lowest BCUT2D eigenvalue weighted by atomic mass is 10.2. The molecule has 0 aliphatic heterocycles. The molecule has 8 heteroatoms. The average Bonchev–Trinajstić information content (AvgIpc) is 3.10. The van der Waals surface area contributed by atoms with Gasteiger partial charge in [-0.3, -0.25) is 4.79 Å². The van der Waals surface area contributed by atoms with Gasteiger partial charge in [-0.25, -0.2) is 14.5 Å². The summed E-state index contributed by atoms with van der Waals surface area (Å²) in [7, 11) is 0. The predicted molar refractivity (Wildman–Crippen MR) is 81.8 cm³/mol. The van der Waals surface area contributed by atoms with Crippen LogP contribution in [0.4, 0.5) is 0 Å². The summed E-state index contributed by atoms with van der Waals surface area (Å²) in [5.74, 6) is -0.262. The van der Waals surface area contributed by atoms with Gasteiger partial charge in [0.1, 0.15) is 5.01 Å². The van der Waals surface area contributed by atoms with E-state index >= 15 is 0 Å². The molecule has 3 heterocycles. The number of hydrogen-bond acceptors (Lipinski definition) is 6. The highest BCUT2D eigenvalue weighted by Gasteiger charge is 2.12. The second-order valence-electron chi connectivity index (χ2n) is 4.83. The number of aromatic nitrogens is 4. The van der Waals surface area contributed by atoms with Crippen LogP contribution in [0.2, 0.25) is 0 Å². The molecule has 0 radical (unpaired) electrons. The summed E-state index contributed by atoms with van der Waals surface area (Å²) >= 11 is 1.51. The highest BCUT2D eigenvalue weighted by molar-refractivity contribution is 7.09. The molecule has 0 aromatic carbocycles. The number of aryl methyl sites for hydroxylation is 1. The molecule has 0 saturated carbocycles. The molecule has 0 atom stereocenters. The minimum Gasteiger partial charge on any atom is -0.396 e. The number of carbonyl (C=O) groups excluding carboxylic acids is 1. The first-order valence-corrected chi connectivity index (χ1v) is 7.68. The van der Waals surface area contributed by atoms with Crippen molar-refractivity contribution < 1.29 is 9.90 Å². The highest BCUT2D eigenvalue weighted by atomic mass is 32.1. The zero-order valence-corrected chi connectivity index (χ0v) is 12.8. The van der Waals surface area contributed by atoms with E-state index in [-0.39, 0.29) is 12.5 Å². The average molecular weight is 317 g/mol.